The van der Waals surface area contributed by atoms with Gasteiger partial charge in [0.25, 0.3) is 0 Å². The first-order chi connectivity index (χ1) is 5.41. The van der Waals surface area contributed by atoms with Gasteiger partial charge in [0, 0.05) is 24.7 Å². The highest BCUT2D eigenvalue weighted by Gasteiger charge is 2.31. The summed E-state index contributed by atoms with van der Waals surface area (Å²) in [5.41, 5.74) is 5.66. The maximum Gasteiger partial charge on any atom is 0.128 e. The highest BCUT2D eigenvalue weighted by atomic mass is 19.1. The second-order valence-corrected chi connectivity index (χ2v) is 4.59. The van der Waals surface area contributed by atoms with E-state index in [1.165, 1.54) is 0 Å². The van der Waals surface area contributed by atoms with E-state index >= 15 is 0 Å². The molecule has 1 saturated heterocycles. The van der Waals surface area contributed by atoms with E-state index in [0.29, 0.717) is 6.54 Å². The van der Waals surface area contributed by atoms with Crippen LogP contribution in [0.3, 0.4) is 0 Å². The van der Waals surface area contributed by atoms with Gasteiger partial charge >= 0.3 is 0 Å². The molecule has 0 aromatic carbocycles. The maximum atomic E-state index is 13.2. The molecule has 1 aliphatic heterocycles. The third-order valence-corrected chi connectivity index (χ3v) is 2.54. The number of halogens is 1. The molecule has 0 unspecified atom stereocenters. The molecule has 0 bridgehead atoms. The van der Waals surface area contributed by atoms with Crippen LogP contribution in [0.25, 0.3) is 0 Å². The zero-order valence-electron chi connectivity index (χ0n) is 8.18. The highest BCUT2D eigenvalue weighted by Crippen LogP contribution is 2.20. The Bertz CT molecular complexity index is 153. The van der Waals surface area contributed by atoms with Crippen LogP contribution in [0.15, 0.2) is 0 Å². The van der Waals surface area contributed by atoms with Crippen molar-refractivity contribution in [1.82, 2.24) is 4.90 Å². The number of nitrogens with two attached hydrogens (primary N) is 1. The normalized spacial score (nSPS) is 33.8. The fourth-order valence-electron chi connectivity index (χ4n) is 1.53. The Morgan fingerprint density at radius 1 is 1.42 bits per heavy atom. The first kappa shape index (κ1) is 9.93. The van der Waals surface area contributed by atoms with Crippen LogP contribution in [0.2, 0.25) is 0 Å². The molecule has 3 heteroatoms. The Hall–Kier alpha value is -0.150. The summed E-state index contributed by atoms with van der Waals surface area (Å²) in [6.07, 6.45) is -0.0729. The van der Waals surface area contributed by atoms with Gasteiger partial charge in [-0.25, -0.2) is 4.39 Å². The summed E-state index contributed by atoms with van der Waals surface area (Å²) >= 11 is 0. The van der Waals surface area contributed by atoms with Gasteiger partial charge in [-0.3, -0.25) is 4.90 Å². The lowest BCUT2D eigenvalue weighted by Gasteiger charge is -2.41. The summed E-state index contributed by atoms with van der Waals surface area (Å²) in [6.45, 7) is 7.74. The van der Waals surface area contributed by atoms with Gasteiger partial charge in [-0.05, 0) is 27.2 Å². The number of hydrogen-bond donors (Lipinski definition) is 1. The van der Waals surface area contributed by atoms with Crippen LogP contribution in [0, 0.1) is 0 Å². The Kier molecular flexibility index (Phi) is 2.74. The van der Waals surface area contributed by atoms with E-state index in [1.807, 2.05) is 0 Å². The van der Waals surface area contributed by atoms with Gasteiger partial charge in [0.2, 0.25) is 0 Å². The van der Waals surface area contributed by atoms with Crippen molar-refractivity contribution in [3.05, 3.63) is 0 Å². The molecule has 0 aromatic rings. The average molecular weight is 174 g/mol. The monoisotopic (exact) mass is 174 g/mol. The lowest BCUT2D eigenvalue weighted by Crippen LogP contribution is -2.54. The minimum Gasteiger partial charge on any atom is -0.325 e. The zero-order chi connectivity index (χ0) is 9.35. The van der Waals surface area contributed by atoms with Crippen LogP contribution in [0.1, 0.15) is 27.2 Å². The van der Waals surface area contributed by atoms with E-state index in [4.69, 9.17) is 5.73 Å². The van der Waals surface area contributed by atoms with E-state index in [1.54, 1.807) is 0 Å². The van der Waals surface area contributed by atoms with Gasteiger partial charge in [-0.2, -0.15) is 0 Å². The van der Waals surface area contributed by atoms with E-state index in [0.717, 1.165) is 13.0 Å². The number of hydrogen-bond acceptors (Lipinski definition) is 2. The molecule has 1 rings (SSSR count). The number of rotatable bonds is 0. The lowest BCUT2D eigenvalue weighted by molar-refractivity contribution is 0.0511. The first-order valence-electron chi connectivity index (χ1n) is 4.56. The summed E-state index contributed by atoms with van der Waals surface area (Å²) in [5.74, 6) is 0. The molecule has 1 fully saturated rings. The summed E-state index contributed by atoms with van der Waals surface area (Å²) < 4.78 is 13.2. The molecule has 0 amide bonds. The summed E-state index contributed by atoms with van der Waals surface area (Å²) in [6, 6.07) is -0.247. The number of likely N-dealkylation sites (tertiary alicyclic amines) is 1. The predicted octanol–water partition coefficient (Wildman–Crippen LogP) is 1.16. The molecule has 0 aromatic heterocycles. The van der Waals surface area contributed by atoms with Crippen molar-refractivity contribution in [2.75, 3.05) is 13.1 Å². The van der Waals surface area contributed by atoms with Crippen molar-refractivity contribution in [3.8, 4) is 0 Å². The van der Waals surface area contributed by atoms with Crippen LogP contribution >= 0.6 is 0 Å². The van der Waals surface area contributed by atoms with Crippen LogP contribution in [0.5, 0.6) is 0 Å². The van der Waals surface area contributed by atoms with Crippen molar-refractivity contribution >= 4 is 0 Å². The topological polar surface area (TPSA) is 29.3 Å². The Morgan fingerprint density at radius 3 is 2.42 bits per heavy atom. The van der Waals surface area contributed by atoms with Gasteiger partial charge in [-0.1, -0.05) is 0 Å². The molecule has 2 atom stereocenters. The van der Waals surface area contributed by atoms with Gasteiger partial charge in [0.1, 0.15) is 6.17 Å². The fraction of sp³-hybridized carbons (Fsp3) is 1.00. The lowest BCUT2D eigenvalue weighted by atomic mass is 9.97. The van der Waals surface area contributed by atoms with Crippen LogP contribution < -0.4 is 5.73 Å². The smallest absolute Gasteiger partial charge is 0.128 e. The van der Waals surface area contributed by atoms with Gasteiger partial charge in [-0.15, -0.1) is 0 Å². The average Bonchev–Trinajstić information content (AvgIpc) is 1.92. The molecule has 2 N–H and O–H groups in total. The first-order valence-corrected chi connectivity index (χ1v) is 4.56. The minimum absolute atomic E-state index is 0.0739. The minimum atomic E-state index is -0.849. The summed E-state index contributed by atoms with van der Waals surface area (Å²) in [4.78, 5) is 2.15. The number of alkyl halides is 1. The third-order valence-electron chi connectivity index (χ3n) is 2.54. The van der Waals surface area contributed by atoms with Crippen molar-refractivity contribution < 1.29 is 4.39 Å². The summed E-state index contributed by atoms with van der Waals surface area (Å²) in [7, 11) is 0. The predicted molar refractivity (Wildman–Crippen MR) is 48.8 cm³/mol. The van der Waals surface area contributed by atoms with Crippen LogP contribution in [-0.2, 0) is 0 Å². The van der Waals surface area contributed by atoms with Crippen molar-refractivity contribution in [2.45, 2.75) is 44.9 Å². The SMILES string of the molecule is CC(C)(C)N1CC[C@H](N)[C@@H](F)C1. The highest BCUT2D eigenvalue weighted by molar-refractivity contribution is 4.88. The molecule has 1 aliphatic rings. The molecular formula is C9H19FN2. The van der Waals surface area contributed by atoms with E-state index < -0.39 is 6.17 Å². The molecule has 12 heavy (non-hydrogen) atoms. The van der Waals surface area contributed by atoms with E-state index in [-0.39, 0.29) is 11.6 Å². The molecule has 1 heterocycles. The van der Waals surface area contributed by atoms with Crippen molar-refractivity contribution in [2.24, 2.45) is 5.73 Å². The van der Waals surface area contributed by atoms with Crippen molar-refractivity contribution in [3.63, 3.8) is 0 Å². The quantitative estimate of drug-likeness (QED) is 0.597. The Morgan fingerprint density at radius 2 is 2.00 bits per heavy atom. The summed E-state index contributed by atoms with van der Waals surface area (Å²) in [5, 5.41) is 0. The second-order valence-electron chi connectivity index (χ2n) is 4.59. The Balaban J connectivity index is 2.51. The zero-order valence-corrected chi connectivity index (χ0v) is 8.18. The molecule has 0 radical (unpaired) electrons. The van der Waals surface area contributed by atoms with Gasteiger partial charge in [0.15, 0.2) is 0 Å². The molecule has 0 spiro atoms. The maximum absolute atomic E-state index is 13.2. The molecule has 0 aliphatic carbocycles. The van der Waals surface area contributed by atoms with Gasteiger partial charge < -0.3 is 5.73 Å². The van der Waals surface area contributed by atoms with Crippen LogP contribution in [-0.4, -0.2) is 35.7 Å². The third kappa shape index (κ3) is 2.17. The van der Waals surface area contributed by atoms with E-state index in [9.17, 15) is 4.39 Å². The fourth-order valence-corrected chi connectivity index (χ4v) is 1.53. The molecule has 72 valence electrons. The molecule has 0 saturated carbocycles. The molecular weight excluding hydrogens is 155 g/mol. The van der Waals surface area contributed by atoms with Crippen LogP contribution in [0.4, 0.5) is 4.39 Å². The standard InChI is InChI=1S/C9H19FN2/c1-9(2,3)12-5-4-8(11)7(10)6-12/h7-8H,4-6,11H2,1-3H3/t7-,8-/m0/s1. The van der Waals surface area contributed by atoms with E-state index in [2.05, 4.69) is 25.7 Å². The number of nitrogens with zero attached hydrogens (tertiary/aromatic N) is 1. The number of piperidine rings is 1. The Labute approximate surface area is 73.9 Å². The van der Waals surface area contributed by atoms with Crippen molar-refractivity contribution in [1.29, 1.82) is 0 Å². The largest absolute Gasteiger partial charge is 0.325 e. The van der Waals surface area contributed by atoms with Gasteiger partial charge in [0.05, 0.1) is 0 Å². The molecule has 2 nitrogen and oxygen atoms in total. The second kappa shape index (κ2) is 3.30.